The Hall–Kier alpha value is -2.37. The molecule has 0 amide bonds. The van der Waals surface area contributed by atoms with E-state index in [0.29, 0.717) is 0 Å². The van der Waals surface area contributed by atoms with Crippen molar-refractivity contribution in [3.05, 3.63) is 30.6 Å². The maximum absolute atomic E-state index is 10.7. The number of carboxylic acids is 1. The number of benzene rings is 1. The summed E-state index contributed by atoms with van der Waals surface area (Å²) >= 11 is 0. The Morgan fingerprint density at radius 2 is 2.06 bits per heavy atom. The Morgan fingerprint density at radius 1 is 1.39 bits per heavy atom. The van der Waals surface area contributed by atoms with Gasteiger partial charge < -0.3 is 15.0 Å². The van der Waals surface area contributed by atoms with Crippen molar-refractivity contribution in [3.8, 4) is 11.4 Å². The lowest BCUT2D eigenvalue weighted by Gasteiger charge is -2.10. The van der Waals surface area contributed by atoms with Gasteiger partial charge in [-0.2, -0.15) is 0 Å². The predicted molar refractivity (Wildman–Crippen MR) is 67.2 cm³/mol. The zero-order valence-electron chi connectivity index (χ0n) is 10.2. The molecule has 1 aromatic carbocycles. The Labute approximate surface area is 104 Å². The van der Waals surface area contributed by atoms with Crippen LogP contribution in [0, 0.1) is 0 Å². The molecule has 2 rings (SSSR count). The zero-order valence-corrected chi connectivity index (χ0v) is 10.2. The molecule has 94 valence electrons. The van der Waals surface area contributed by atoms with Crippen molar-refractivity contribution >= 4 is 11.7 Å². The molecule has 1 heterocycles. The topological polar surface area (TPSA) is 80.0 Å². The highest BCUT2D eigenvalue weighted by Crippen LogP contribution is 2.18. The molecule has 6 nitrogen and oxygen atoms in total. The molecule has 1 aromatic heterocycles. The minimum absolute atomic E-state index is 0.620. The van der Waals surface area contributed by atoms with Gasteiger partial charge in [-0.1, -0.05) is 0 Å². The standard InChI is InChI=1S/C12H14N4O2/c1-8(12(17)18)14-10-5-3-9(4-6-10)11-15-13-7-16(11)2/h3-8,14H,1-2H3,(H,17,18). The highest BCUT2D eigenvalue weighted by Gasteiger charge is 2.10. The first-order chi connectivity index (χ1) is 8.58. The van der Waals surface area contributed by atoms with E-state index in [1.807, 2.05) is 35.9 Å². The third-order valence-electron chi connectivity index (χ3n) is 2.61. The second-order valence-electron chi connectivity index (χ2n) is 4.05. The van der Waals surface area contributed by atoms with Crippen molar-refractivity contribution in [2.75, 3.05) is 5.32 Å². The molecule has 0 aliphatic heterocycles. The Kier molecular flexibility index (Phi) is 3.27. The normalized spacial score (nSPS) is 12.1. The van der Waals surface area contributed by atoms with Gasteiger partial charge in [-0.3, -0.25) is 4.79 Å². The quantitative estimate of drug-likeness (QED) is 0.851. The van der Waals surface area contributed by atoms with Crippen molar-refractivity contribution in [3.63, 3.8) is 0 Å². The van der Waals surface area contributed by atoms with Gasteiger partial charge in [0.15, 0.2) is 5.82 Å². The van der Waals surface area contributed by atoms with Gasteiger partial charge in [-0.15, -0.1) is 10.2 Å². The van der Waals surface area contributed by atoms with Gasteiger partial charge in [-0.05, 0) is 31.2 Å². The number of hydrogen-bond donors (Lipinski definition) is 2. The van der Waals surface area contributed by atoms with E-state index in [0.717, 1.165) is 17.1 Å². The van der Waals surface area contributed by atoms with Crippen LogP contribution < -0.4 is 5.32 Å². The summed E-state index contributed by atoms with van der Waals surface area (Å²) in [5.74, 6) is -0.111. The van der Waals surface area contributed by atoms with Crippen molar-refractivity contribution in [2.24, 2.45) is 7.05 Å². The summed E-state index contributed by atoms with van der Waals surface area (Å²) in [5, 5.41) is 19.5. The van der Waals surface area contributed by atoms with Gasteiger partial charge in [0.1, 0.15) is 12.4 Å². The predicted octanol–water partition coefficient (Wildman–Crippen LogP) is 1.37. The third-order valence-corrected chi connectivity index (χ3v) is 2.61. The summed E-state index contributed by atoms with van der Waals surface area (Å²) in [7, 11) is 1.87. The smallest absolute Gasteiger partial charge is 0.325 e. The molecule has 0 aliphatic rings. The minimum Gasteiger partial charge on any atom is -0.480 e. The zero-order chi connectivity index (χ0) is 13.1. The summed E-state index contributed by atoms with van der Waals surface area (Å²) in [5.41, 5.74) is 1.69. The molecule has 2 N–H and O–H groups in total. The van der Waals surface area contributed by atoms with Crippen molar-refractivity contribution in [1.82, 2.24) is 14.8 Å². The van der Waals surface area contributed by atoms with Gasteiger partial charge >= 0.3 is 5.97 Å². The summed E-state index contributed by atoms with van der Waals surface area (Å²) in [6.07, 6.45) is 1.63. The molecule has 0 fully saturated rings. The largest absolute Gasteiger partial charge is 0.480 e. The molecular weight excluding hydrogens is 232 g/mol. The third kappa shape index (κ3) is 2.48. The van der Waals surface area contributed by atoms with Crippen molar-refractivity contribution in [2.45, 2.75) is 13.0 Å². The fourth-order valence-corrected chi connectivity index (χ4v) is 1.57. The summed E-state index contributed by atoms with van der Waals surface area (Å²) < 4.78 is 1.82. The molecular formula is C12H14N4O2. The number of hydrogen-bond acceptors (Lipinski definition) is 4. The number of rotatable bonds is 4. The fraction of sp³-hybridized carbons (Fsp3) is 0.250. The van der Waals surface area contributed by atoms with Crippen LogP contribution in [0.25, 0.3) is 11.4 Å². The van der Waals surface area contributed by atoms with E-state index in [1.165, 1.54) is 0 Å². The molecule has 0 radical (unpaired) electrons. The second-order valence-corrected chi connectivity index (χ2v) is 4.05. The molecule has 6 heteroatoms. The van der Waals surface area contributed by atoms with E-state index in [2.05, 4.69) is 15.5 Å². The van der Waals surface area contributed by atoms with Gasteiger partial charge in [0.25, 0.3) is 0 Å². The SMILES string of the molecule is CC(Nc1ccc(-c2nncn2C)cc1)C(=O)O. The maximum Gasteiger partial charge on any atom is 0.325 e. The molecule has 1 unspecified atom stereocenters. The van der Waals surface area contributed by atoms with E-state index in [4.69, 9.17) is 5.11 Å². The van der Waals surface area contributed by atoms with Crippen LogP contribution in [-0.2, 0) is 11.8 Å². The number of carboxylic acid groups (broad SMARTS) is 1. The number of aryl methyl sites for hydroxylation is 1. The average molecular weight is 246 g/mol. The van der Waals surface area contributed by atoms with Crippen LogP contribution in [0.5, 0.6) is 0 Å². The Morgan fingerprint density at radius 3 is 2.56 bits per heavy atom. The monoisotopic (exact) mass is 246 g/mol. The molecule has 1 atom stereocenters. The van der Waals surface area contributed by atoms with Crippen LogP contribution in [0.2, 0.25) is 0 Å². The molecule has 0 saturated carbocycles. The van der Waals surface area contributed by atoms with Crippen LogP contribution in [-0.4, -0.2) is 31.9 Å². The van der Waals surface area contributed by atoms with Gasteiger partial charge in [0, 0.05) is 18.3 Å². The van der Waals surface area contributed by atoms with E-state index in [-0.39, 0.29) is 0 Å². The van der Waals surface area contributed by atoms with Gasteiger partial charge in [-0.25, -0.2) is 0 Å². The number of aliphatic carboxylic acids is 1. The van der Waals surface area contributed by atoms with E-state index in [1.54, 1.807) is 13.3 Å². The molecule has 0 bridgehead atoms. The van der Waals surface area contributed by atoms with Gasteiger partial charge in [0.05, 0.1) is 0 Å². The highest BCUT2D eigenvalue weighted by molar-refractivity contribution is 5.77. The number of aromatic nitrogens is 3. The Balaban J connectivity index is 2.16. The van der Waals surface area contributed by atoms with Crippen LogP contribution in [0.1, 0.15) is 6.92 Å². The molecule has 0 aliphatic carbocycles. The second kappa shape index (κ2) is 4.87. The number of carbonyl (C=O) groups is 1. The highest BCUT2D eigenvalue weighted by atomic mass is 16.4. The maximum atomic E-state index is 10.7. The van der Waals surface area contributed by atoms with E-state index >= 15 is 0 Å². The van der Waals surface area contributed by atoms with Crippen LogP contribution in [0.3, 0.4) is 0 Å². The van der Waals surface area contributed by atoms with Crippen molar-refractivity contribution < 1.29 is 9.90 Å². The summed E-state index contributed by atoms with van der Waals surface area (Å²) in [6.45, 7) is 1.60. The minimum atomic E-state index is -0.882. The van der Waals surface area contributed by atoms with Crippen molar-refractivity contribution in [1.29, 1.82) is 0 Å². The number of nitrogens with one attached hydrogen (secondary N) is 1. The first-order valence-corrected chi connectivity index (χ1v) is 5.51. The number of anilines is 1. The molecule has 0 saturated heterocycles. The summed E-state index contributed by atoms with van der Waals surface area (Å²) in [4.78, 5) is 10.7. The Bertz CT molecular complexity index is 547. The van der Waals surface area contributed by atoms with Gasteiger partial charge in [0.2, 0.25) is 0 Å². The lowest BCUT2D eigenvalue weighted by Crippen LogP contribution is -2.25. The van der Waals surface area contributed by atoms with Crippen LogP contribution in [0.15, 0.2) is 30.6 Å². The molecule has 18 heavy (non-hydrogen) atoms. The first-order valence-electron chi connectivity index (χ1n) is 5.51. The number of nitrogens with zero attached hydrogens (tertiary/aromatic N) is 3. The first kappa shape index (κ1) is 12.1. The van der Waals surface area contributed by atoms with Crippen LogP contribution >= 0.6 is 0 Å². The molecule has 0 spiro atoms. The lowest BCUT2D eigenvalue weighted by molar-refractivity contribution is -0.137. The van der Waals surface area contributed by atoms with E-state index in [9.17, 15) is 4.79 Å². The van der Waals surface area contributed by atoms with E-state index < -0.39 is 12.0 Å². The average Bonchev–Trinajstić information content (AvgIpc) is 2.76. The fourth-order valence-electron chi connectivity index (χ4n) is 1.57. The lowest BCUT2D eigenvalue weighted by atomic mass is 10.2. The summed E-state index contributed by atoms with van der Waals surface area (Å²) in [6, 6.07) is 6.78. The van der Waals surface area contributed by atoms with Crippen LogP contribution in [0.4, 0.5) is 5.69 Å². The molecule has 2 aromatic rings.